The van der Waals surface area contributed by atoms with Crippen molar-refractivity contribution in [3.63, 3.8) is 0 Å². The highest BCUT2D eigenvalue weighted by molar-refractivity contribution is 5.76. The van der Waals surface area contributed by atoms with Gasteiger partial charge in [0, 0.05) is 18.7 Å². The number of pyridine rings is 1. The first-order valence-corrected chi connectivity index (χ1v) is 9.93. The summed E-state index contributed by atoms with van der Waals surface area (Å²) in [6.45, 7) is -1.26. The van der Waals surface area contributed by atoms with Crippen LogP contribution < -0.4 is 20.9 Å². The van der Waals surface area contributed by atoms with Crippen molar-refractivity contribution in [2.75, 3.05) is 18.4 Å². The van der Waals surface area contributed by atoms with Crippen LogP contribution in [0.25, 0.3) is 0 Å². The van der Waals surface area contributed by atoms with E-state index in [0.29, 0.717) is 13.0 Å². The molecular weight excluding hydrogens is 434 g/mol. The van der Waals surface area contributed by atoms with E-state index in [-0.39, 0.29) is 10.4 Å². The van der Waals surface area contributed by atoms with Crippen molar-refractivity contribution in [3.8, 4) is 6.07 Å². The van der Waals surface area contributed by atoms with Crippen LogP contribution in [0.2, 0.25) is 0 Å². The van der Waals surface area contributed by atoms with Gasteiger partial charge in [-0.25, -0.2) is 4.98 Å². The molecule has 1 amide bonds. The Morgan fingerprint density at radius 1 is 1.21 bits per heavy atom. The topological polar surface area (TPSA) is 127 Å². The van der Waals surface area contributed by atoms with Gasteiger partial charge in [-0.2, -0.15) is 18.8 Å². The van der Waals surface area contributed by atoms with E-state index in [1.54, 1.807) is 6.07 Å². The van der Waals surface area contributed by atoms with Crippen LogP contribution in [0.15, 0.2) is 65.7 Å². The quantitative estimate of drug-likeness (QED) is 0.371. The molecule has 0 atom stereocenters. The standard InChI is InChI=1S/C22H20F2N6O3/c23-22(24,18-8-4-5-11-30(18)33)15-28-20-21(32)29(17(12-25)13-27-20)14-19(31)26-10-9-16-6-2-1-3-7-16/h1-8,11,13H,9-10,14-15H2,(H,26,31)(H,27,28). The molecule has 2 N–H and O–H groups in total. The molecule has 0 aliphatic rings. The number of nitriles is 1. The van der Waals surface area contributed by atoms with Crippen LogP contribution >= 0.6 is 0 Å². The second kappa shape index (κ2) is 10.3. The molecule has 0 radical (unpaired) electrons. The molecule has 0 unspecified atom stereocenters. The summed E-state index contributed by atoms with van der Waals surface area (Å²) in [4.78, 5) is 28.7. The van der Waals surface area contributed by atoms with Crippen LogP contribution in [0.3, 0.4) is 0 Å². The summed E-state index contributed by atoms with van der Waals surface area (Å²) in [5.74, 6) is -4.60. The van der Waals surface area contributed by atoms with Gasteiger partial charge in [0.25, 0.3) is 11.3 Å². The number of nitrogens with zero attached hydrogens (tertiary/aromatic N) is 4. The Balaban J connectivity index is 1.69. The van der Waals surface area contributed by atoms with E-state index in [0.717, 1.165) is 28.6 Å². The molecule has 9 nitrogen and oxygen atoms in total. The van der Waals surface area contributed by atoms with Crippen LogP contribution in [-0.4, -0.2) is 28.5 Å². The Labute approximate surface area is 187 Å². The molecule has 0 saturated heterocycles. The fraction of sp³-hybridized carbons (Fsp3) is 0.227. The number of carbonyl (C=O) groups excluding carboxylic acids is 1. The first-order chi connectivity index (χ1) is 15.8. The summed E-state index contributed by atoms with van der Waals surface area (Å²) in [5, 5.41) is 25.8. The number of halogens is 2. The maximum Gasteiger partial charge on any atom is 0.347 e. The monoisotopic (exact) mass is 454 g/mol. The SMILES string of the molecule is N#Cc1cnc(NCC(F)(F)c2cccc[n+]2[O-])c(=O)n1CC(=O)NCCc1ccccc1. The van der Waals surface area contributed by atoms with Crippen molar-refractivity contribution in [1.29, 1.82) is 5.26 Å². The minimum Gasteiger partial charge on any atom is -0.618 e. The summed E-state index contributed by atoms with van der Waals surface area (Å²) >= 11 is 0. The number of hydrogen-bond acceptors (Lipinski definition) is 6. The lowest BCUT2D eigenvalue weighted by Crippen LogP contribution is -2.41. The molecule has 0 saturated carbocycles. The Hall–Kier alpha value is -4.33. The number of amides is 1. The molecule has 0 aliphatic carbocycles. The molecule has 11 heteroatoms. The molecule has 0 aliphatic heterocycles. The zero-order chi connectivity index (χ0) is 23.8. The smallest absolute Gasteiger partial charge is 0.347 e. The molecule has 0 fully saturated rings. The van der Waals surface area contributed by atoms with Gasteiger partial charge in [0.2, 0.25) is 5.91 Å². The largest absolute Gasteiger partial charge is 0.618 e. The molecule has 0 bridgehead atoms. The Kier molecular flexibility index (Phi) is 7.30. The number of benzene rings is 1. The van der Waals surface area contributed by atoms with Gasteiger partial charge < -0.3 is 15.8 Å². The summed E-state index contributed by atoms with van der Waals surface area (Å²) in [7, 11) is 0. The van der Waals surface area contributed by atoms with Gasteiger partial charge in [0.05, 0.1) is 12.7 Å². The van der Waals surface area contributed by atoms with E-state index in [4.69, 9.17) is 0 Å². The maximum atomic E-state index is 14.4. The van der Waals surface area contributed by atoms with Crippen LogP contribution in [0.5, 0.6) is 0 Å². The lowest BCUT2D eigenvalue weighted by molar-refractivity contribution is -0.624. The van der Waals surface area contributed by atoms with Gasteiger partial charge in [-0.3, -0.25) is 14.2 Å². The third-order valence-corrected chi connectivity index (χ3v) is 4.73. The molecule has 2 heterocycles. The van der Waals surface area contributed by atoms with Gasteiger partial charge in [-0.1, -0.05) is 30.3 Å². The molecule has 3 rings (SSSR count). The van der Waals surface area contributed by atoms with E-state index >= 15 is 0 Å². The van der Waals surface area contributed by atoms with Gasteiger partial charge >= 0.3 is 5.92 Å². The lowest BCUT2D eigenvalue weighted by Gasteiger charge is -2.17. The van der Waals surface area contributed by atoms with E-state index in [1.807, 2.05) is 30.3 Å². The van der Waals surface area contributed by atoms with Crippen molar-refractivity contribution >= 4 is 11.7 Å². The van der Waals surface area contributed by atoms with E-state index in [1.165, 1.54) is 12.1 Å². The number of hydrogen-bond donors (Lipinski definition) is 2. The fourth-order valence-corrected chi connectivity index (χ4v) is 3.04. The molecule has 2 aromatic heterocycles. The van der Waals surface area contributed by atoms with Crippen molar-refractivity contribution in [2.45, 2.75) is 18.9 Å². The first kappa shape index (κ1) is 23.3. The normalized spacial score (nSPS) is 10.9. The Morgan fingerprint density at radius 2 is 1.94 bits per heavy atom. The van der Waals surface area contributed by atoms with Gasteiger partial charge in [-0.15, -0.1) is 0 Å². The highest BCUT2D eigenvalue weighted by Gasteiger charge is 2.39. The van der Waals surface area contributed by atoms with E-state index in [9.17, 15) is 28.8 Å². The summed E-state index contributed by atoms with van der Waals surface area (Å²) in [6.07, 6.45) is 2.52. The Morgan fingerprint density at radius 3 is 2.64 bits per heavy atom. The molecule has 3 aromatic rings. The van der Waals surface area contributed by atoms with E-state index in [2.05, 4.69) is 15.6 Å². The summed E-state index contributed by atoms with van der Waals surface area (Å²) in [5.41, 5.74) is -0.895. The van der Waals surface area contributed by atoms with Crippen molar-refractivity contribution in [3.05, 3.63) is 93.4 Å². The lowest BCUT2D eigenvalue weighted by atomic mass is 10.1. The Bertz CT molecular complexity index is 1220. The van der Waals surface area contributed by atoms with Crippen molar-refractivity contribution in [1.82, 2.24) is 14.9 Å². The predicted octanol–water partition coefficient (Wildman–Crippen LogP) is 1.31. The minimum absolute atomic E-state index is 0.0337. The maximum absolute atomic E-state index is 14.4. The minimum atomic E-state index is -3.61. The van der Waals surface area contributed by atoms with Crippen LogP contribution in [0, 0.1) is 16.5 Å². The van der Waals surface area contributed by atoms with Crippen LogP contribution in [-0.2, 0) is 23.7 Å². The van der Waals surface area contributed by atoms with Crippen LogP contribution in [0.1, 0.15) is 17.0 Å². The predicted molar refractivity (Wildman–Crippen MR) is 114 cm³/mol. The molecule has 0 spiro atoms. The zero-order valence-electron chi connectivity index (χ0n) is 17.4. The number of rotatable bonds is 9. The average Bonchev–Trinajstić information content (AvgIpc) is 2.80. The summed E-state index contributed by atoms with van der Waals surface area (Å²) in [6, 6.07) is 14.8. The van der Waals surface area contributed by atoms with Gasteiger partial charge in [-0.05, 0) is 18.1 Å². The number of carbonyl (C=O) groups is 1. The number of nitrogens with one attached hydrogen (secondary N) is 2. The third-order valence-electron chi connectivity index (χ3n) is 4.73. The number of alkyl halides is 2. The van der Waals surface area contributed by atoms with Gasteiger partial charge in [0.1, 0.15) is 18.3 Å². The summed E-state index contributed by atoms with van der Waals surface area (Å²) < 4.78 is 29.7. The molecule has 170 valence electrons. The second-order valence-corrected chi connectivity index (χ2v) is 7.05. The molecule has 1 aromatic carbocycles. The fourth-order valence-electron chi connectivity index (χ4n) is 3.04. The van der Waals surface area contributed by atoms with Crippen LogP contribution in [0.4, 0.5) is 14.6 Å². The van der Waals surface area contributed by atoms with E-state index < -0.39 is 42.0 Å². The molecular formula is C22H20F2N6O3. The van der Waals surface area contributed by atoms with Gasteiger partial charge in [0.15, 0.2) is 12.0 Å². The highest BCUT2D eigenvalue weighted by Crippen LogP contribution is 2.24. The second-order valence-electron chi connectivity index (χ2n) is 7.05. The van der Waals surface area contributed by atoms with Crippen molar-refractivity contribution < 1.29 is 18.3 Å². The number of anilines is 1. The average molecular weight is 454 g/mol. The number of aromatic nitrogens is 3. The highest BCUT2D eigenvalue weighted by atomic mass is 19.3. The molecule has 33 heavy (non-hydrogen) atoms. The zero-order valence-corrected chi connectivity index (χ0v) is 17.4. The first-order valence-electron chi connectivity index (χ1n) is 9.93. The third kappa shape index (κ3) is 5.88. The van der Waals surface area contributed by atoms with Crippen molar-refractivity contribution in [2.24, 2.45) is 0 Å².